The zero-order valence-corrected chi connectivity index (χ0v) is 10.9. The molecule has 4 nitrogen and oxygen atoms in total. The monoisotopic (exact) mass is 250 g/mol. The lowest BCUT2D eigenvalue weighted by Gasteiger charge is -2.12. The summed E-state index contributed by atoms with van der Waals surface area (Å²) >= 11 is 0. The summed E-state index contributed by atoms with van der Waals surface area (Å²) in [4.78, 5) is 23.0. The molecule has 0 aliphatic heterocycles. The Hall–Kier alpha value is -1.84. The van der Waals surface area contributed by atoms with Crippen LogP contribution < -0.4 is 4.74 Å². The van der Waals surface area contributed by atoms with Gasteiger partial charge in [-0.15, -0.1) is 0 Å². The van der Waals surface area contributed by atoms with Crippen molar-refractivity contribution in [2.75, 3.05) is 7.11 Å². The summed E-state index contributed by atoms with van der Waals surface area (Å²) in [5, 5.41) is 0. The smallest absolute Gasteiger partial charge is 0.314 e. The number of rotatable bonds is 5. The molecule has 0 heterocycles. The molecule has 1 aromatic rings. The lowest BCUT2D eigenvalue weighted by atomic mass is 10.1. The van der Waals surface area contributed by atoms with Crippen LogP contribution in [0, 0.1) is 5.92 Å². The minimum absolute atomic E-state index is 0.0977. The van der Waals surface area contributed by atoms with E-state index >= 15 is 0 Å². The Morgan fingerprint density at radius 1 is 1.28 bits per heavy atom. The molecule has 18 heavy (non-hydrogen) atoms. The summed E-state index contributed by atoms with van der Waals surface area (Å²) in [5.41, 5.74) is 0.654. The van der Waals surface area contributed by atoms with E-state index in [9.17, 15) is 9.59 Å². The summed E-state index contributed by atoms with van der Waals surface area (Å²) in [7, 11) is 1.33. The quantitative estimate of drug-likeness (QED) is 0.594. The largest absolute Gasteiger partial charge is 0.469 e. The molecule has 0 aliphatic rings. The Morgan fingerprint density at radius 3 is 2.56 bits per heavy atom. The van der Waals surface area contributed by atoms with Crippen LogP contribution in [0.15, 0.2) is 24.3 Å². The van der Waals surface area contributed by atoms with E-state index in [4.69, 9.17) is 4.74 Å². The molecule has 0 saturated carbocycles. The second-order valence-electron chi connectivity index (χ2n) is 4.09. The Morgan fingerprint density at radius 2 is 1.94 bits per heavy atom. The number of para-hydroxylation sites is 1. The normalized spacial score (nSPS) is 11.7. The number of hydrogen-bond donors (Lipinski definition) is 0. The zero-order chi connectivity index (χ0) is 13.5. The number of hydrogen-bond acceptors (Lipinski definition) is 4. The van der Waals surface area contributed by atoms with Crippen molar-refractivity contribution in [2.24, 2.45) is 5.92 Å². The van der Waals surface area contributed by atoms with E-state index in [1.165, 1.54) is 7.11 Å². The van der Waals surface area contributed by atoms with Gasteiger partial charge in [0.15, 0.2) is 0 Å². The molecule has 0 fully saturated rings. The first-order chi connectivity index (χ1) is 8.58. The predicted molar refractivity (Wildman–Crippen MR) is 67.3 cm³/mol. The van der Waals surface area contributed by atoms with Crippen LogP contribution >= 0.6 is 0 Å². The molecule has 0 bridgehead atoms. The van der Waals surface area contributed by atoms with Crippen LogP contribution in [0.4, 0.5) is 0 Å². The third-order valence-electron chi connectivity index (χ3n) is 2.76. The highest BCUT2D eigenvalue weighted by atomic mass is 16.5. The first-order valence-electron chi connectivity index (χ1n) is 5.94. The van der Waals surface area contributed by atoms with Crippen molar-refractivity contribution in [3.05, 3.63) is 29.8 Å². The third kappa shape index (κ3) is 3.87. The molecule has 0 radical (unpaired) electrons. The fourth-order valence-electron chi connectivity index (χ4n) is 1.35. The molecule has 1 aromatic carbocycles. The SMILES string of the molecule is CC[C@@H](C)C(=O)Oc1ccccc1CC(=O)OC. The van der Waals surface area contributed by atoms with Crippen LogP contribution in [0.2, 0.25) is 0 Å². The molecule has 1 atom stereocenters. The number of ether oxygens (including phenoxy) is 2. The number of carbonyl (C=O) groups excluding carboxylic acids is 2. The van der Waals surface area contributed by atoms with Crippen molar-refractivity contribution in [3.8, 4) is 5.75 Å². The standard InChI is InChI=1S/C14H18O4/c1-4-10(2)14(16)18-12-8-6-5-7-11(12)9-13(15)17-3/h5-8,10H,4,9H2,1-3H3/t10-/m1/s1. The number of methoxy groups -OCH3 is 1. The van der Waals surface area contributed by atoms with Crippen molar-refractivity contribution < 1.29 is 19.1 Å². The molecule has 1 rings (SSSR count). The van der Waals surface area contributed by atoms with Crippen molar-refractivity contribution in [3.63, 3.8) is 0 Å². The van der Waals surface area contributed by atoms with Gasteiger partial charge in [-0.1, -0.05) is 32.0 Å². The second-order valence-corrected chi connectivity index (χ2v) is 4.09. The summed E-state index contributed by atoms with van der Waals surface area (Å²) in [6.07, 6.45) is 0.818. The number of carbonyl (C=O) groups is 2. The van der Waals surface area contributed by atoms with Gasteiger partial charge in [0.05, 0.1) is 19.4 Å². The molecule has 0 spiro atoms. The van der Waals surface area contributed by atoms with E-state index in [1.54, 1.807) is 24.3 Å². The maximum absolute atomic E-state index is 11.7. The fraction of sp³-hybridized carbons (Fsp3) is 0.429. The van der Waals surface area contributed by atoms with Crippen LogP contribution in [-0.2, 0) is 20.7 Å². The molecule has 0 aromatic heterocycles. The topological polar surface area (TPSA) is 52.6 Å². The minimum Gasteiger partial charge on any atom is -0.469 e. The second kappa shape index (κ2) is 6.79. The number of benzene rings is 1. The molecule has 0 unspecified atom stereocenters. The Kier molecular flexibility index (Phi) is 5.36. The Balaban J connectivity index is 2.82. The summed E-state index contributed by atoms with van der Waals surface area (Å²) in [5.74, 6) is -0.374. The van der Waals surface area contributed by atoms with E-state index in [0.29, 0.717) is 11.3 Å². The van der Waals surface area contributed by atoms with Gasteiger partial charge in [-0.3, -0.25) is 9.59 Å². The van der Waals surface area contributed by atoms with Gasteiger partial charge in [0.25, 0.3) is 0 Å². The van der Waals surface area contributed by atoms with Crippen molar-refractivity contribution in [2.45, 2.75) is 26.7 Å². The van der Waals surface area contributed by atoms with Crippen LogP contribution in [0.25, 0.3) is 0 Å². The maximum atomic E-state index is 11.7. The molecule has 0 amide bonds. The van der Waals surface area contributed by atoms with Gasteiger partial charge in [-0.25, -0.2) is 0 Å². The fourth-order valence-corrected chi connectivity index (χ4v) is 1.35. The third-order valence-corrected chi connectivity index (χ3v) is 2.76. The molecule has 0 N–H and O–H groups in total. The molecule has 0 aliphatic carbocycles. The van der Waals surface area contributed by atoms with Gasteiger partial charge in [0.1, 0.15) is 5.75 Å². The van der Waals surface area contributed by atoms with Crippen LogP contribution in [0.5, 0.6) is 5.75 Å². The van der Waals surface area contributed by atoms with Crippen LogP contribution in [0.3, 0.4) is 0 Å². The van der Waals surface area contributed by atoms with Crippen molar-refractivity contribution >= 4 is 11.9 Å². The van der Waals surface area contributed by atoms with Gasteiger partial charge < -0.3 is 9.47 Å². The zero-order valence-electron chi connectivity index (χ0n) is 10.9. The highest BCUT2D eigenvalue weighted by Gasteiger charge is 2.16. The van der Waals surface area contributed by atoms with E-state index in [0.717, 1.165) is 6.42 Å². The average molecular weight is 250 g/mol. The lowest BCUT2D eigenvalue weighted by Crippen LogP contribution is -2.18. The molecule has 98 valence electrons. The Labute approximate surface area is 107 Å². The Bertz CT molecular complexity index is 426. The van der Waals surface area contributed by atoms with Gasteiger partial charge in [0, 0.05) is 5.56 Å². The average Bonchev–Trinajstić information content (AvgIpc) is 2.39. The van der Waals surface area contributed by atoms with E-state index in [-0.39, 0.29) is 24.3 Å². The molecular formula is C14H18O4. The minimum atomic E-state index is -0.359. The summed E-state index contributed by atoms with van der Waals surface area (Å²) < 4.78 is 9.90. The van der Waals surface area contributed by atoms with E-state index in [2.05, 4.69) is 4.74 Å². The first-order valence-corrected chi connectivity index (χ1v) is 5.94. The van der Waals surface area contributed by atoms with Gasteiger partial charge in [-0.05, 0) is 12.5 Å². The maximum Gasteiger partial charge on any atom is 0.314 e. The molecule has 0 saturated heterocycles. The van der Waals surface area contributed by atoms with Gasteiger partial charge in [0.2, 0.25) is 0 Å². The lowest BCUT2D eigenvalue weighted by molar-refractivity contribution is -0.141. The first kappa shape index (κ1) is 14.2. The van der Waals surface area contributed by atoms with Gasteiger partial charge in [-0.2, -0.15) is 0 Å². The highest BCUT2D eigenvalue weighted by molar-refractivity contribution is 5.77. The van der Waals surface area contributed by atoms with Crippen molar-refractivity contribution in [1.29, 1.82) is 0 Å². The summed E-state index contributed by atoms with van der Waals surface area (Å²) in [6.45, 7) is 3.73. The van der Waals surface area contributed by atoms with Crippen LogP contribution in [-0.4, -0.2) is 19.0 Å². The van der Waals surface area contributed by atoms with Gasteiger partial charge >= 0.3 is 11.9 Å². The number of esters is 2. The predicted octanol–water partition coefficient (Wildman–Crippen LogP) is 2.35. The van der Waals surface area contributed by atoms with Crippen LogP contribution in [0.1, 0.15) is 25.8 Å². The highest BCUT2D eigenvalue weighted by Crippen LogP contribution is 2.20. The molecule has 4 heteroatoms. The van der Waals surface area contributed by atoms with E-state index in [1.807, 2.05) is 13.8 Å². The molecular weight excluding hydrogens is 232 g/mol. The van der Waals surface area contributed by atoms with Crippen molar-refractivity contribution in [1.82, 2.24) is 0 Å². The van der Waals surface area contributed by atoms with E-state index < -0.39 is 0 Å². The summed E-state index contributed by atoms with van der Waals surface area (Å²) in [6, 6.07) is 6.98.